The number of likely N-dealkylation sites (tertiary alicyclic amines) is 1. The molecule has 0 spiro atoms. The van der Waals surface area contributed by atoms with Crippen LogP contribution < -0.4 is 10.1 Å². The zero-order valence-corrected chi connectivity index (χ0v) is 16.0. The summed E-state index contributed by atoms with van der Waals surface area (Å²) in [5, 5.41) is 7.05. The van der Waals surface area contributed by atoms with Crippen molar-refractivity contribution in [2.24, 2.45) is 0 Å². The van der Waals surface area contributed by atoms with Crippen LogP contribution in [0.3, 0.4) is 0 Å². The number of likely N-dealkylation sites (N-methyl/N-ethyl adjacent to an activating group) is 1. The first-order chi connectivity index (χ1) is 13.0. The summed E-state index contributed by atoms with van der Waals surface area (Å²) in [4.78, 5) is 26.7. The molecule has 0 bridgehead atoms. The zero-order chi connectivity index (χ0) is 19.4. The first-order valence-corrected chi connectivity index (χ1v) is 9.21. The van der Waals surface area contributed by atoms with Crippen LogP contribution in [0.2, 0.25) is 0 Å². The van der Waals surface area contributed by atoms with Crippen LogP contribution >= 0.6 is 0 Å². The van der Waals surface area contributed by atoms with E-state index in [0.29, 0.717) is 25.9 Å². The number of amides is 2. The number of hydrogen-bond donors (Lipinski definition) is 1. The predicted molar refractivity (Wildman–Crippen MR) is 101 cm³/mol. The molecule has 7 nitrogen and oxygen atoms in total. The second kappa shape index (κ2) is 8.24. The third kappa shape index (κ3) is 4.48. The number of rotatable bonds is 6. The van der Waals surface area contributed by atoms with Crippen molar-refractivity contribution in [3.05, 3.63) is 47.8 Å². The van der Waals surface area contributed by atoms with E-state index in [1.807, 2.05) is 54.9 Å². The molecule has 1 aromatic carbocycles. The van der Waals surface area contributed by atoms with E-state index in [9.17, 15) is 9.59 Å². The molecule has 27 heavy (non-hydrogen) atoms. The highest BCUT2D eigenvalue weighted by molar-refractivity contribution is 5.88. The number of benzene rings is 1. The van der Waals surface area contributed by atoms with Gasteiger partial charge in [0.25, 0.3) is 0 Å². The summed E-state index contributed by atoms with van der Waals surface area (Å²) in [6.45, 7) is 4.80. The van der Waals surface area contributed by atoms with Crippen molar-refractivity contribution >= 4 is 11.8 Å². The van der Waals surface area contributed by atoms with Gasteiger partial charge in [-0.3, -0.25) is 14.3 Å². The highest BCUT2D eigenvalue weighted by Crippen LogP contribution is 2.24. The molecule has 0 radical (unpaired) electrons. The molecule has 1 aliphatic rings. The lowest BCUT2D eigenvalue weighted by Crippen LogP contribution is -2.45. The normalized spacial score (nSPS) is 19.1. The van der Waals surface area contributed by atoms with E-state index in [-0.39, 0.29) is 17.9 Å². The SMILES string of the molecule is CNC(=O)[C@H]1C[C@H](Oc2ccccc2)CN1C(=O)CCn1nc(C)cc1C. The topological polar surface area (TPSA) is 76.5 Å². The summed E-state index contributed by atoms with van der Waals surface area (Å²) in [6, 6.07) is 11.0. The van der Waals surface area contributed by atoms with Gasteiger partial charge in [0.15, 0.2) is 0 Å². The fourth-order valence-corrected chi connectivity index (χ4v) is 3.51. The highest BCUT2D eigenvalue weighted by Gasteiger charge is 2.40. The smallest absolute Gasteiger partial charge is 0.242 e. The number of aromatic nitrogens is 2. The van der Waals surface area contributed by atoms with E-state index in [4.69, 9.17) is 4.74 Å². The van der Waals surface area contributed by atoms with Gasteiger partial charge in [-0.15, -0.1) is 0 Å². The van der Waals surface area contributed by atoms with Gasteiger partial charge < -0.3 is 15.0 Å². The molecule has 2 aromatic rings. The molecule has 7 heteroatoms. The van der Waals surface area contributed by atoms with Crippen molar-refractivity contribution in [1.29, 1.82) is 0 Å². The van der Waals surface area contributed by atoms with Crippen molar-refractivity contribution < 1.29 is 14.3 Å². The minimum absolute atomic E-state index is 0.0599. The van der Waals surface area contributed by atoms with Crippen LogP contribution in [-0.4, -0.2) is 52.2 Å². The lowest BCUT2D eigenvalue weighted by Gasteiger charge is -2.23. The van der Waals surface area contributed by atoms with E-state index in [0.717, 1.165) is 17.1 Å². The summed E-state index contributed by atoms with van der Waals surface area (Å²) >= 11 is 0. The van der Waals surface area contributed by atoms with Gasteiger partial charge in [-0.05, 0) is 32.0 Å². The molecule has 1 aromatic heterocycles. The number of para-hydroxylation sites is 1. The Morgan fingerprint density at radius 2 is 2.00 bits per heavy atom. The van der Waals surface area contributed by atoms with Crippen LogP contribution in [0.25, 0.3) is 0 Å². The second-order valence-corrected chi connectivity index (χ2v) is 6.87. The van der Waals surface area contributed by atoms with Crippen LogP contribution in [0.15, 0.2) is 36.4 Å². The Labute approximate surface area is 159 Å². The highest BCUT2D eigenvalue weighted by atomic mass is 16.5. The third-order valence-electron chi connectivity index (χ3n) is 4.82. The van der Waals surface area contributed by atoms with E-state index < -0.39 is 6.04 Å². The standard InChI is InChI=1S/C20H26N4O3/c1-14-11-15(2)24(22-14)10-9-19(25)23-13-17(12-18(23)20(26)21-3)27-16-7-5-4-6-8-16/h4-8,11,17-18H,9-10,12-13H2,1-3H3,(H,21,26)/t17-,18+/m0/s1. The van der Waals surface area contributed by atoms with Crippen molar-refractivity contribution in [2.45, 2.75) is 45.4 Å². The van der Waals surface area contributed by atoms with Gasteiger partial charge in [0, 0.05) is 32.1 Å². The molecule has 144 valence electrons. The van der Waals surface area contributed by atoms with Crippen molar-refractivity contribution in [3.63, 3.8) is 0 Å². The lowest BCUT2D eigenvalue weighted by atomic mass is 10.2. The summed E-state index contributed by atoms with van der Waals surface area (Å²) in [7, 11) is 1.59. The molecular formula is C20H26N4O3. The van der Waals surface area contributed by atoms with Gasteiger partial charge in [0.1, 0.15) is 17.9 Å². The Bertz CT molecular complexity index is 803. The van der Waals surface area contributed by atoms with E-state index in [2.05, 4.69) is 10.4 Å². The maximum Gasteiger partial charge on any atom is 0.242 e. The molecule has 0 unspecified atom stereocenters. The minimum Gasteiger partial charge on any atom is -0.488 e. The maximum atomic E-state index is 12.8. The largest absolute Gasteiger partial charge is 0.488 e. The average molecular weight is 370 g/mol. The quantitative estimate of drug-likeness (QED) is 0.839. The van der Waals surface area contributed by atoms with Crippen molar-refractivity contribution in [1.82, 2.24) is 20.0 Å². The van der Waals surface area contributed by atoms with Gasteiger partial charge >= 0.3 is 0 Å². The molecule has 1 fully saturated rings. The van der Waals surface area contributed by atoms with Gasteiger partial charge in [0.2, 0.25) is 11.8 Å². The Morgan fingerprint density at radius 3 is 2.63 bits per heavy atom. The Balaban J connectivity index is 1.66. The Morgan fingerprint density at radius 1 is 1.26 bits per heavy atom. The van der Waals surface area contributed by atoms with Gasteiger partial charge in [0.05, 0.1) is 12.2 Å². The van der Waals surface area contributed by atoms with Crippen LogP contribution in [0, 0.1) is 13.8 Å². The zero-order valence-electron chi connectivity index (χ0n) is 16.0. The Hall–Kier alpha value is -2.83. The number of nitrogens with zero attached hydrogens (tertiary/aromatic N) is 3. The minimum atomic E-state index is -0.503. The molecule has 2 amide bonds. The summed E-state index contributed by atoms with van der Waals surface area (Å²) < 4.78 is 7.80. The number of nitrogens with one attached hydrogen (secondary N) is 1. The number of carbonyl (C=O) groups is 2. The van der Waals surface area contributed by atoms with Gasteiger partial charge in [-0.2, -0.15) is 5.10 Å². The first kappa shape index (κ1) is 18.9. The average Bonchev–Trinajstić information content (AvgIpc) is 3.22. The number of ether oxygens (including phenoxy) is 1. The van der Waals surface area contributed by atoms with Gasteiger partial charge in [-0.1, -0.05) is 18.2 Å². The van der Waals surface area contributed by atoms with Crippen LogP contribution in [-0.2, 0) is 16.1 Å². The third-order valence-corrected chi connectivity index (χ3v) is 4.82. The van der Waals surface area contributed by atoms with Crippen LogP contribution in [0.4, 0.5) is 0 Å². The number of hydrogen-bond acceptors (Lipinski definition) is 4. The molecule has 1 N–H and O–H groups in total. The molecule has 1 saturated heterocycles. The molecule has 0 aliphatic carbocycles. The molecule has 2 atom stereocenters. The van der Waals surface area contributed by atoms with Crippen LogP contribution in [0.1, 0.15) is 24.2 Å². The summed E-state index contributed by atoms with van der Waals surface area (Å²) in [5.74, 6) is 0.527. The Kier molecular flexibility index (Phi) is 5.78. The number of carbonyl (C=O) groups excluding carboxylic acids is 2. The summed E-state index contributed by atoms with van der Waals surface area (Å²) in [5.41, 5.74) is 1.95. The van der Waals surface area contributed by atoms with E-state index >= 15 is 0 Å². The van der Waals surface area contributed by atoms with Crippen molar-refractivity contribution in [3.8, 4) is 5.75 Å². The second-order valence-electron chi connectivity index (χ2n) is 6.87. The summed E-state index contributed by atoms with van der Waals surface area (Å²) in [6.07, 6.45) is 0.584. The van der Waals surface area contributed by atoms with Crippen molar-refractivity contribution in [2.75, 3.05) is 13.6 Å². The van der Waals surface area contributed by atoms with E-state index in [1.165, 1.54) is 0 Å². The molecule has 0 saturated carbocycles. The predicted octanol–water partition coefficient (Wildman–Crippen LogP) is 1.68. The van der Waals surface area contributed by atoms with Gasteiger partial charge in [-0.25, -0.2) is 0 Å². The molecular weight excluding hydrogens is 344 g/mol. The maximum absolute atomic E-state index is 12.8. The van der Waals surface area contributed by atoms with E-state index in [1.54, 1.807) is 11.9 Å². The number of aryl methyl sites for hydroxylation is 3. The fraction of sp³-hybridized carbons (Fsp3) is 0.450. The van der Waals surface area contributed by atoms with Crippen LogP contribution in [0.5, 0.6) is 5.75 Å². The molecule has 2 heterocycles. The molecule has 3 rings (SSSR count). The lowest BCUT2D eigenvalue weighted by molar-refractivity contribution is -0.138. The monoisotopic (exact) mass is 370 g/mol. The molecule has 1 aliphatic heterocycles. The fourth-order valence-electron chi connectivity index (χ4n) is 3.51. The first-order valence-electron chi connectivity index (χ1n) is 9.21.